The lowest BCUT2D eigenvalue weighted by Gasteiger charge is -2.39. The van der Waals surface area contributed by atoms with Crippen molar-refractivity contribution in [1.29, 1.82) is 0 Å². The van der Waals surface area contributed by atoms with Crippen LogP contribution in [0.5, 0.6) is 5.75 Å². The molecular weight excluding hydrogens is 380 g/mol. The van der Waals surface area contributed by atoms with Gasteiger partial charge in [0.15, 0.2) is 0 Å². The zero-order chi connectivity index (χ0) is 21.3. The molecule has 4 unspecified atom stereocenters. The smallest absolute Gasteiger partial charge is 0.311 e. The highest BCUT2D eigenvalue weighted by atomic mass is 16.7. The zero-order valence-corrected chi connectivity index (χ0v) is 18.2. The van der Waals surface area contributed by atoms with E-state index in [-0.39, 0.29) is 12.8 Å². The Morgan fingerprint density at radius 3 is 2.50 bits per heavy atom. The summed E-state index contributed by atoms with van der Waals surface area (Å²) in [6.07, 6.45) is 10.3. The van der Waals surface area contributed by atoms with E-state index < -0.39 is 17.7 Å². The van der Waals surface area contributed by atoms with Crippen LogP contribution in [0.4, 0.5) is 0 Å². The predicted octanol–water partition coefficient (Wildman–Crippen LogP) is 4.58. The Labute approximate surface area is 179 Å². The van der Waals surface area contributed by atoms with Crippen molar-refractivity contribution in [3.05, 3.63) is 29.3 Å². The molecule has 3 aliphatic carbocycles. The van der Waals surface area contributed by atoms with E-state index >= 15 is 0 Å². The van der Waals surface area contributed by atoms with Crippen LogP contribution in [0.1, 0.15) is 76.3 Å². The van der Waals surface area contributed by atoms with Gasteiger partial charge in [-0.2, -0.15) is 0 Å². The quantitative estimate of drug-likeness (QED) is 0.434. The van der Waals surface area contributed by atoms with Gasteiger partial charge in [-0.25, -0.2) is 0 Å². The van der Waals surface area contributed by atoms with Crippen LogP contribution >= 0.6 is 0 Å². The van der Waals surface area contributed by atoms with Gasteiger partial charge in [0.1, 0.15) is 5.75 Å². The molecule has 0 aliphatic heterocycles. The Bertz CT molecular complexity index is 793. The second-order valence-electron chi connectivity index (χ2n) is 9.92. The summed E-state index contributed by atoms with van der Waals surface area (Å²) in [5.74, 6) is 1.50. The molecule has 1 N–H and O–H groups in total. The number of ether oxygens (including phenoxy) is 2. The van der Waals surface area contributed by atoms with E-state index in [4.69, 9.17) is 9.47 Å². The molecule has 1 aromatic carbocycles. The number of esters is 2. The van der Waals surface area contributed by atoms with Crippen molar-refractivity contribution in [2.45, 2.75) is 83.8 Å². The first-order chi connectivity index (χ1) is 14.3. The molecule has 164 valence electrons. The zero-order valence-electron chi connectivity index (χ0n) is 18.2. The van der Waals surface area contributed by atoms with Crippen LogP contribution in [0.25, 0.3) is 0 Å². The molecule has 0 amide bonds. The van der Waals surface area contributed by atoms with Crippen molar-refractivity contribution in [2.75, 3.05) is 0 Å². The van der Waals surface area contributed by atoms with E-state index in [0.717, 1.165) is 36.5 Å². The van der Waals surface area contributed by atoms with Crippen LogP contribution in [0.2, 0.25) is 0 Å². The molecule has 4 atom stereocenters. The van der Waals surface area contributed by atoms with E-state index in [1.165, 1.54) is 63.5 Å². The summed E-state index contributed by atoms with van der Waals surface area (Å²) in [5.41, 5.74) is 2.72. The average molecular weight is 415 g/mol. The van der Waals surface area contributed by atoms with E-state index in [1.807, 2.05) is 12.1 Å². The van der Waals surface area contributed by atoms with Gasteiger partial charge in [0.05, 0.1) is 12.8 Å². The summed E-state index contributed by atoms with van der Waals surface area (Å²) in [7, 11) is 0. The molecule has 0 bridgehead atoms. The molecule has 5 nitrogen and oxygen atoms in total. The largest absolute Gasteiger partial charge is 0.434 e. The molecule has 2 fully saturated rings. The van der Waals surface area contributed by atoms with Crippen molar-refractivity contribution in [1.82, 2.24) is 0 Å². The Kier molecular flexibility index (Phi) is 6.19. The number of benzene rings is 1. The molecule has 3 aliphatic rings. The summed E-state index contributed by atoms with van der Waals surface area (Å²) < 4.78 is 10.3. The van der Waals surface area contributed by atoms with Crippen molar-refractivity contribution in [3.63, 3.8) is 0 Å². The summed E-state index contributed by atoms with van der Waals surface area (Å²) in [4.78, 5) is 23.8. The summed E-state index contributed by atoms with van der Waals surface area (Å²) in [6, 6.07) is 6.03. The molecule has 0 radical (unpaired) electrons. The Hall–Kier alpha value is -1.88. The maximum Gasteiger partial charge on any atom is 0.311 e. The lowest BCUT2D eigenvalue weighted by atomic mass is 9.66. The monoisotopic (exact) mass is 414 g/mol. The number of hydrogen-bond acceptors (Lipinski definition) is 5. The van der Waals surface area contributed by atoms with Crippen LogP contribution in [0.15, 0.2) is 18.2 Å². The molecule has 0 aromatic heterocycles. The van der Waals surface area contributed by atoms with Gasteiger partial charge < -0.3 is 14.6 Å². The fourth-order valence-electron chi connectivity index (χ4n) is 6.10. The van der Waals surface area contributed by atoms with E-state index in [2.05, 4.69) is 6.07 Å². The second-order valence-corrected chi connectivity index (χ2v) is 9.92. The second kappa shape index (κ2) is 8.70. The summed E-state index contributed by atoms with van der Waals surface area (Å²) in [5, 5.41) is 9.49. The first-order valence-electron chi connectivity index (χ1n) is 11.6. The Morgan fingerprint density at radius 1 is 0.967 bits per heavy atom. The van der Waals surface area contributed by atoms with Crippen LogP contribution in [0.3, 0.4) is 0 Å². The third-order valence-corrected chi connectivity index (χ3v) is 7.32. The van der Waals surface area contributed by atoms with Crippen LogP contribution in [-0.2, 0) is 27.2 Å². The summed E-state index contributed by atoms with van der Waals surface area (Å²) >= 11 is 0. The van der Waals surface area contributed by atoms with Gasteiger partial charge in [0.2, 0.25) is 5.79 Å². The molecule has 5 heteroatoms. The predicted molar refractivity (Wildman–Crippen MR) is 113 cm³/mol. The van der Waals surface area contributed by atoms with Crippen molar-refractivity contribution in [3.8, 4) is 5.75 Å². The van der Waals surface area contributed by atoms with Crippen molar-refractivity contribution >= 4 is 11.9 Å². The topological polar surface area (TPSA) is 72.8 Å². The van der Waals surface area contributed by atoms with Gasteiger partial charge in [0.25, 0.3) is 0 Å². The lowest BCUT2D eigenvalue weighted by molar-refractivity contribution is -0.195. The number of rotatable bonds is 5. The maximum atomic E-state index is 12.2. The van der Waals surface area contributed by atoms with Crippen LogP contribution < -0.4 is 4.74 Å². The number of hydrogen-bond donors (Lipinski definition) is 1. The number of fused-ring (bicyclic) bond motifs is 4. The normalized spacial score (nSPS) is 28.0. The minimum Gasteiger partial charge on any atom is -0.434 e. The summed E-state index contributed by atoms with van der Waals surface area (Å²) in [6.45, 7) is 2.75. The van der Waals surface area contributed by atoms with Crippen LogP contribution in [0, 0.1) is 23.7 Å². The fraction of sp³-hybridized carbons (Fsp3) is 0.680. The SMILES string of the molecule is CC(C)(O)OC(=O)CCC(=O)Oc1ccc2c(c1)CCC1C(CCC3CCCC31)C2. The standard InChI is InChI=1S/C25H34O5/c1-25(2,28)30-24(27)13-12-23(26)29-20-10-8-17-14-19-7-6-16-4-3-5-21(16)22(19)11-9-18(17)15-20/h8,10,15-16,19,21-22,28H,3-7,9,11-14H2,1-2H3. The molecular formula is C25H34O5. The third-order valence-electron chi connectivity index (χ3n) is 7.32. The number of carbonyl (C=O) groups is 2. The highest BCUT2D eigenvalue weighted by Crippen LogP contribution is 2.51. The van der Waals surface area contributed by atoms with E-state index in [0.29, 0.717) is 5.75 Å². The number of aryl methyl sites for hydroxylation is 1. The van der Waals surface area contributed by atoms with Crippen molar-refractivity contribution in [2.24, 2.45) is 23.7 Å². The maximum absolute atomic E-state index is 12.2. The average Bonchev–Trinajstić information content (AvgIpc) is 3.07. The van der Waals surface area contributed by atoms with Gasteiger partial charge in [-0.1, -0.05) is 18.9 Å². The first kappa shape index (κ1) is 21.4. The molecule has 4 rings (SSSR count). The molecule has 2 saturated carbocycles. The lowest BCUT2D eigenvalue weighted by Crippen LogP contribution is -2.32. The molecule has 0 heterocycles. The first-order valence-corrected chi connectivity index (χ1v) is 11.6. The highest BCUT2D eigenvalue weighted by Gasteiger charge is 2.42. The van der Waals surface area contributed by atoms with E-state index in [9.17, 15) is 14.7 Å². The minimum atomic E-state index is -1.53. The minimum absolute atomic E-state index is 0.0702. The number of carbonyl (C=O) groups excluding carboxylic acids is 2. The number of aliphatic hydroxyl groups is 1. The van der Waals surface area contributed by atoms with Crippen LogP contribution in [-0.4, -0.2) is 22.8 Å². The third kappa shape index (κ3) is 5.05. The van der Waals surface area contributed by atoms with Gasteiger partial charge in [-0.3, -0.25) is 9.59 Å². The Balaban J connectivity index is 1.35. The fourth-order valence-corrected chi connectivity index (χ4v) is 6.10. The molecule has 30 heavy (non-hydrogen) atoms. The van der Waals surface area contributed by atoms with Gasteiger partial charge in [0, 0.05) is 13.8 Å². The van der Waals surface area contributed by atoms with Gasteiger partial charge >= 0.3 is 11.9 Å². The highest BCUT2D eigenvalue weighted by molar-refractivity contribution is 5.79. The Morgan fingerprint density at radius 2 is 1.70 bits per heavy atom. The van der Waals surface area contributed by atoms with Gasteiger partial charge in [-0.05, 0) is 85.5 Å². The molecule has 1 aromatic rings. The van der Waals surface area contributed by atoms with E-state index in [1.54, 1.807) is 0 Å². The van der Waals surface area contributed by atoms with Gasteiger partial charge in [-0.15, -0.1) is 0 Å². The molecule has 0 spiro atoms. The molecule has 0 saturated heterocycles. The van der Waals surface area contributed by atoms with Crippen molar-refractivity contribution < 1.29 is 24.2 Å².